The average Bonchev–Trinajstić information content (AvgIpc) is 2.42. The molecule has 0 radical (unpaired) electrons. The highest BCUT2D eigenvalue weighted by molar-refractivity contribution is 5.76. The molecule has 0 aliphatic heterocycles. The van der Waals surface area contributed by atoms with E-state index in [-0.39, 0.29) is 6.42 Å². The predicted molar refractivity (Wildman–Crippen MR) is 77.8 cm³/mol. The molecule has 0 heterocycles. The van der Waals surface area contributed by atoms with E-state index in [0.717, 1.165) is 0 Å². The quantitative estimate of drug-likeness (QED) is 0.539. The molecule has 0 saturated carbocycles. The highest BCUT2D eigenvalue weighted by atomic mass is 19.4. The smallest absolute Gasteiger partial charge is 0.434 e. The summed E-state index contributed by atoms with van der Waals surface area (Å²) in [5.74, 6) is -2.25. The van der Waals surface area contributed by atoms with Crippen LogP contribution in [-0.2, 0) is 14.3 Å². The molecule has 1 N–H and O–H groups in total. The van der Waals surface area contributed by atoms with Gasteiger partial charge in [0, 0.05) is 0 Å². The van der Waals surface area contributed by atoms with Crippen molar-refractivity contribution in [3.63, 3.8) is 0 Å². The number of carboxylic acid groups (broad SMARTS) is 1. The van der Waals surface area contributed by atoms with Crippen LogP contribution in [0.1, 0.15) is 54.4 Å². The van der Waals surface area contributed by atoms with Gasteiger partial charge in [0.05, 0.1) is 10.8 Å². The fraction of sp³-hybridized carbons (Fsp3) is 0.867. The van der Waals surface area contributed by atoms with E-state index in [1.807, 2.05) is 6.92 Å². The Balaban J connectivity index is 0. The van der Waals surface area contributed by atoms with E-state index in [0.29, 0.717) is 6.42 Å². The molecular formula is C15H24F6O4. The fourth-order valence-corrected chi connectivity index (χ4v) is 0.881. The molecule has 0 fully saturated rings. The summed E-state index contributed by atoms with van der Waals surface area (Å²) in [4.78, 5) is 21.4. The summed E-state index contributed by atoms with van der Waals surface area (Å²) < 4.78 is 76.0. The topological polar surface area (TPSA) is 63.6 Å². The van der Waals surface area contributed by atoms with Gasteiger partial charge < -0.3 is 9.84 Å². The highest BCUT2D eigenvalue weighted by Crippen LogP contribution is 2.37. The average molecular weight is 382 g/mol. The monoisotopic (exact) mass is 382 g/mol. The van der Waals surface area contributed by atoms with Crippen LogP contribution in [0.15, 0.2) is 0 Å². The van der Waals surface area contributed by atoms with Gasteiger partial charge >= 0.3 is 24.3 Å². The SMILES string of the molecule is CCC(C)(C)C(=O)O.CCC(C)(C)C(=O)OC(C(F)(F)F)C(F)(F)F. The second-order valence-corrected chi connectivity index (χ2v) is 6.65. The highest BCUT2D eigenvalue weighted by Gasteiger charge is 2.60. The van der Waals surface area contributed by atoms with E-state index < -0.39 is 41.2 Å². The van der Waals surface area contributed by atoms with E-state index in [9.17, 15) is 35.9 Å². The number of carbonyl (C=O) groups excluding carboxylic acids is 1. The lowest BCUT2D eigenvalue weighted by molar-refractivity contribution is -0.315. The number of aliphatic carboxylic acids is 1. The Hall–Kier alpha value is -1.48. The second kappa shape index (κ2) is 8.75. The lowest BCUT2D eigenvalue weighted by Crippen LogP contribution is -2.47. The number of alkyl halides is 6. The van der Waals surface area contributed by atoms with E-state index >= 15 is 0 Å². The Bertz CT molecular complexity index is 438. The lowest BCUT2D eigenvalue weighted by Gasteiger charge is -2.27. The van der Waals surface area contributed by atoms with Crippen LogP contribution >= 0.6 is 0 Å². The maximum atomic E-state index is 12.1. The van der Waals surface area contributed by atoms with Gasteiger partial charge in [0.25, 0.3) is 6.10 Å². The van der Waals surface area contributed by atoms with Crippen LogP contribution in [0.5, 0.6) is 0 Å². The molecule has 0 aromatic rings. The minimum atomic E-state index is -5.67. The van der Waals surface area contributed by atoms with E-state index in [1.165, 1.54) is 20.8 Å². The maximum Gasteiger partial charge on any atom is 0.434 e. The molecular weight excluding hydrogens is 358 g/mol. The number of halogens is 6. The number of ether oxygens (including phenoxy) is 1. The number of hydrogen-bond acceptors (Lipinski definition) is 3. The Morgan fingerprint density at radius 3 is 1.32 bits per heavy atom. The van der Waals surface area contributed by atoms with Crippen molar-refractivity contribution in [2.45, 2.75) is 72.8 Å². The summed E-state index contributed by atoms with van der Waals surface area (Å²) in [7, 11) is 0. The molecule has 0 atom stereocenters. The van der Waals surface area contributed by atoms with Gasteiger partial charge in [0.1, 0.15) is 0 Å². The molecule has 25 heavy (non-hydrogen) atoms. The minimum Gasteiger partial charge on any atom is -0.481 e. The first-order chi connectivity index (χ1) is 10.8. The summed E-state index contributed by atoms with van der Waals surface area (Å²) >= 11 is 0. The molecule has 0 aliphatic rings. The number of hydrogen-bond donors (Lipinski definition) is 1. The minimum absolute atomic E-state index is 0.0638. The van der Waals surface area contributed by atoms with Crippen molar-refractivity contribution in [2.24, 2.45) is 10.8 Å². The Labute approximate surface area is 142 Å². The zero-order chi connectivity index (χ0) is 20.9. The number of esters is 1. The van der Waals surface area contributed by atoms with Gasteiger partial charge in [-0.25, -0.2) is 0 Å². The van der Waals surface area contributed by atoms with Crippen molar-refractivity contribution in [3.05, 3.63) is 0 Å². The van der Waals surface area contributed by atoms with Crippen LogP contribution in [0, 0.1) is 10.8 Å². The normalized spacial score (nSPS) is 13.2. The zero-order valence-corrected chi connectivity index (χ0v) is 14.9. The van der Waals surface area contributed by atoms with Gasteiger partial charge in [-0.15, -0.1) is 0 Å². The van der Waals surface area contributed by atoms with Crippen LogP contribution in [0.2, 0.25) is 0 Å². The molecule has 0 aromatic carbocycles. The first-order valence-corrected chi connectivity index (χ1v) is 7.40. The largest absolute Gasteiger partial charge is 0.481 e. The van der Waals surface area contributed by atoms with Gasteiger partial charge in [-0.2, -0.15) is 26.3 Å². The van der Waals surface area contributed by atoms with Crippen molar-refractivity contribution in [1.29, 1.82) is 0 Å². The third-order valence-corrected chi connectivity index (χ3v) is 3.72. The first-order valence-electron chi connectivity index (χ1n) is 7.40. The molecule has 0 aliphatic carbocycles. The molecule has 0 bridgehead atoms. The summed E-state index contributed by atoms with van der Waals surface area (Å²) in [5, 5.41) is 8.44. The molecule has 150 valence electrons. The van der Waals surface area contributed by atoms with Gasteiger partial charge in [0.15, 0.2) is 0 Å². The zero-order valence-electron chi connectivity index (χ0n) is 14.9. The van der Waals surface area contributed by atoms with Gasteiger partial charge in [0.2, 0.25) is 0 Å². The maximum absolute atomic E-state index is 12.1. The van der Waals surface area contributed by atoms with Gasteiger partial charge in [-0.05, 0) is 40.5 Å². The van der Waals surface area contributed by atoms with E-state index in [4.69, 9.17) is 5.11 Å². The Kier molecular flexibility index (Phi) is 9.02. The van der Waals surface area contributed by atoms with Crippen LogP contribution < -0.4 is 0 Å². The van der Waals surface area contributed by atoms with Gasteiger partial charge in [-0.1, -0.05) is 13.8 Å². The first kappa shape index (κ1) is 25.8. The van der Waals surface area contributed by atoms with Gasteiger partial charge in [-0.3, -0.25) is 9.59 Å². The summed E-state index contributed by atoms with van der Waals surface area (Å²) in [5.41, 5.74) is -1.94. The summed E-state index contributed by atoms with van der Waals surface area (Å²) in [6.45, 7) is 9.18. The van der Waals surface area contributed by atoms with Crippen molar-refractivity contribution in [2.75, 3.05) is 0 Å². The van der Waals surface area contributed by atoms with Crippen LogP contribution in [-0.4, -0.2) is 35.5 Å². The Morgan fingerprint density at radius 2 is 1.16 bits per heavy atom. The molecule has 0 rings (SSSR count). The summed E-state index contributed by atoms with van der Waals surface area (Å²) in [6.07, 6.45) is -14.7. The van der Waals surface area contributed by atoms with Crippen molar-refractivity contribution < 1.29 is 45.8 Å². The van der Waals surface area contributed by atoms with Crippen LogP contribution in [0.3, 0.4) is 0 Å². The summed E-state index contributed by atoms with van der Waals surface area (Å²) in [6, 6.07) is 0. The van der Waals surface area contributed by atoms with Crippen LogP contribution in [0.4, 0.5) is 26.3 Å². The predicted octanol–water partition coefficient (Wildman–Crippen LogP) is 4.97. The third kappa shape index (κ3) is 8.97. The number of rotatable bonds is 5. The number of carbonyl (C=O) groups is 2. The fourth-order valence-electron chi connectivity index (χ4n) is 0.881. The van der Waals surface area contributed by atoms with Crippen molar-refractivity contribution in [1.82, 2.24) is 0 Å². The molecule has 10 heteroatoms. The Morgan fingerprint density at radius 1 is 0.840 bits per heavy atom. The van der Waals surface area contributed by atoms with E-state index in [1.54, 1.807) is 13.8 Å². The molecule has 0 aromatic heterocycles. The molecule has 0 saturated heterocycles. The second-order valence-electron chi connectivity index (χ2n) is 6.65. The van der Waals surface area contributed by atoms with Crippen molar-refractivity contribution in [3.8, 4) is 0 Å². The molecule has 0 spiro atoms. The van der Waals surface area contributed by atoms with Crippen LogP contribution in [0.25, 0.3) is 0 Å². The molecule has 0 unspecified atom stereocenters. The molecule has 4 nitrogen and oxygen atoms in total. The van der Waals surface area contributed by atoms with E-state index in [2.05, 4.69) is 4.74 Å². The lowest BCUT2D eigenvalue weighted by atomic mass is 9.90. The standard InChI is InChI=1S/C9H12F6O2.C6H12O2/c1-4-7(2,3)6(16)17-5(8(10,11)12)9(13,14)15;1-4-6(2,3)5(7)8/h5H,4H2,1-3H3;4H2,1-3H3,(H,7,8). The third-order valence-electron chi connectivity index (χ3n) is 3.72. The number of carboxylic acids is 1. The molecule has 0 amide bonds. The van der Waals surface area contributed by atoms with Crippen molar-refractivity contribution >= 4 is 11.9 Å².